The van der Waals surface area contributed by atoms with Crippen molar-refractivity contribution in [2.45, 2.75) is 16.9 Å². The zero-order chi connectivity index (χ0) is 14.7. The molecule has 1 heterocycles. The number of nitrogens with zero attached hydrogens (tertiary/aromatic N) is 1. The summed E-state index contributed by atoms with van der Waals surface area (Å²) >= 11 is 8.52. The molecule has 104 valence electrons. The number of rotatable bonds is 5. The first-order chi connectivity index (χ1) is 9.49. The lowest BCUT2D eigenvalue weighted by atomic mass is 10.2. The fraction of sp³-hybridized carbons (Fsp3) is 0.154. The molecule has 0 amide bonds. The van der Waals surface area contributed by atoms with E-state index in [0.29, 0.717) is 19.9 Å². The normalized spacial score (nSPS) is 10.5. The molecule has 0 N–H and O–H groups in total. The molecule has 0 aliphatic carbocycles. The van der Waals surface area contributed by atoms with E-state index < -0.39 is 4.92 Å². The van der Waals surface area contributed by atoms with Crippen LogP contribution in [0, 0.1) is 10.1 Å². The number of halogens is 1. The highest BCUT2D eigenvalue weighted by molar-refractivity contribution is 8.00. The number of carbonyl (C=O) groups excluding carboxylic acids is 1. The molecule has 1 aromatic carbocycles. The average molecular weight is 328 g/mol. The first-order valence-electron chi connectivity index (χ1n) is 5.64. The zero-order valence-electron chi connectivity index (χ0n) is 10.5. The Morgan fingerprint density at radius 1 is 1.45 bits per heavy atom. The smallest absolute Gasteiger partial charge is 0.294 e. The number of nitro groups is 1. The van der Waals surface area contributed by atoms with Crippen LogP contribution >= 0.6 is 34.7 Å². The number of carbonyl (C=O) groups is 1. The SMILES string of the molecule is CC(=O)c1cc([N+](=O)[O-])c(SCc2ccccc2Cl)s1. The quantitative estimate of drug-likeness (QED) is 0.342. The van der Waals surface area contributed by atoms with Gasteiger partial charge in [-0.25, -0.2) is 0 Å². The molecule has 0 radical (unpaired) electrons. The Bertz CT molecular complexity index is 669. The van der Waals surface area contributed by atoms with Crippen LogP contribution in [-0.4, -0.2) is 10.7 Å². The van der Waals surface area contributed by atoms with Gasteiger partial charge in [0.15, 0.2) is 5.78 Å². The summed E-state index contributed by atoms with van der Waals surface area (Å²) in [5.41, 5.74) is 0.892. The van der Waals surface area contributed by atoms with Crippen molar-refractivity contribution in [3.63, 3.8) is 0 Å². The Kier molecular flexibility index (Phi) is 4.80. The van der Waals surface area contributed by atoms with E-state index in [1.807, 2.05) is 18.2 Å². The molecule has 2 rings (SSSR count). The molecule has 7 heteroatoms. The molecule has 0 aliphatic rings. The third-order valence-corrected chi connectivity index (χ3v) is 5.46. The van der Waals surface area contributed by atoms with E-state index in [0.717, 1.165) is 16.9 Å². The number of Topliss-reactive ketones (excluding diaryl/α,β-unsaturated/α-hetero) is 1. The lowest BCUT2D eigenvalue weighted by molar-refractivity contribution is -0.387. The van der Waals surface area contributed by atoms with Gasteiger partial charge in [0.05, 0.1) is 9.80 Å². The fourth-order valence-electron chi connectivity index (χ4n) is 1.53. The van der Waals surface area contributed by atoms with Crippen molar-refractivity contribution in [3.8, 4) is 0 Å². The van der Waals surface area contributed by atoms with Crippen LogP contribution < -0.4 is 0 Å². The Hall–Kier alpha value is -1.37. The molecule has 0 saturated carbocycles. The van der Waals surface area contributed by atoms with Gasteiger partial charge in [-0.1, -0.05) is 29.8 Å². The minimum Gasteiger partial charge on any atom is -0.294 e. The number of thioether (sulfide) groups is 1. The predicted octanol–water partition coefficient (Wildman–Crippen LogP) is 4.80. The Balaban J connectivity index is 2.23. The monoisotopic (exact) mass is 327 g/mol. The molecule has 0 fully saturated rings. The third-order valence-electron chi connectivity index (χ3n) is 2.54. The van der Waals surface area contributed by atoms with Crippen LogP contribution in [0.15, 0.2) is 34.5 Å². The van der Waals surface area contributed by atoms with Gasteiger partial charge < -0.3 is 0 Å². The van der Waals surface area contributed by atoms with E-state index >= 15 is 0 Å². The van der Waals surface area contributed by atoms with Crippen molar-refractivity contribution < 1.29 is 9.72 Å². The molecular formula is C13H10ClNO3S2. The second-order valence-electron chi connectivity index (χ2n) is 3.98. The first-order valence-corrected chi connectivity index (χ1v) is 7.82. The maximum atomic E-state index is 11.3. The first kappa shape index (κ1) is 15.0. The van der Waals surface area contributed by atoms with Crippen LogP contribution in [0.5, 0.6) is 0 Å². The van der Waals surface area contributed by atoms with E-state index in [-0.39, 0.29) is 11.5 Å². The van der Waals surface area contributed by atoms with Crippen LogP contribution in [0.25, 0.3) is 0 Å². The summed E-state index contributed by atoms with van der Waals surface area (Å²) in [6, 6.07) is 8.69. The molecule has 0 bridgehead atoms. The van der Waals surface area contributed by atoms with Crippen LogP contribution in [0.3, 0.4) is 0 Å². The number of ketones is 1. The van der Waals surface area contributed by atoms with E-state index in [9.17, 15) is 14.9 Å². The summed E-state index contributed by atoms with van der Waals surface area (Å²) in [7, 11) is 0. The maximum Gasteiger partial charge on any atom is 0.294 e. The molecule has 4 nitrogen and oxygen atoms in total. The summed E-state index contributed by atoms with van der Waals surface area (Å²) in [6.07, 6.45) is 0. The van der Waals surface area contributed by atoms with Crippen LogP contribution in [-0.2, 0) is 5.75 Å². The highest BCUT2D eigenvalue weighted by Gasteiger charge is 2.21. The van der Waals surface area contributed by atoms with E-state index in [1.54, 1.807) is 6.07 Å². The molecule has 0 spiro atoms. The Morgan fingerprint density at radius 2 is 2.15 bits per heavy atom. The van der Waals surface area contributed by atoms with Gasteiger partial charge >= 0.3 is 0 Å². The molecule has 0 saturated heterocycles. The zero-order valence-corrected chi connectivity index (χ0v) is 12.8. The van der Waals surface area contributed by atoms with Crippen molar-refractivity contribution in [1.29, 1.82) is 0 Å². The maximum absolute atomic E-state index is 11.3. The molecule has 2 aromatic rings. The van der Waals surface area contributed by atoms with Crippen LogP contribution in [0.2, 0.25) is 5.02 Å². The predicted molar refractivity (Wildman–Crippen MR) is 82.0 cm³/mol. The van der Waals surface area contributed by atoms with Crippen molar-refractivity contribution in [3.05, 3.63) is 55.9 Å². The van der Waals surface area contributed by atoms with Gasteiger partial charge in [-0.2, -0.15) is 0 Å². The average Bonchev–Trinajstić information content (AvgIpc) is 2.82. The van der Waals surface area contributed by atoms with E-state index in [1.165, 1.54) is 24.8 Å². The van der Waals surface area contributed by atoms with Gasteiger partial charge in [-0.05, 0) is 18.6 Å². The van der Waals surface area contributed by atoms with Crippen molar-refractivity contribution in [2.75, 3.05) is 0 Å². The van der Waals surface area contributed by atoms with Gasteiger partial charge in [0.2, 0.25) is 0 Å². The van der Waals surface area contributed by atoms with E-state index in [4.69, 9.17) is 11.6 Å². The second kappa shape index (κ2) is 6.39. The van der Waals surface area contributed by atoms with Crippen molar-refractivity contribution >= 4 is 46.2 Å². The highest BCUT2D eigenvalue weighted by atomic mass is 35.5. The van der Waals surface area contributed by atoms with E-state index in [2.05, 4.69) is 0 Å². The number of thiophene rings is 1. The summed E-state index contributed by atoms with van der Waals surface area (Å²) in [5, 5.41) is 11.6. The topological polar surface area (TPSA) is 60.2 Å². The molecule has 0 atom stereocenters. The molecule has 1 aromatic heterocycles. The summed E-state index contributed by atoms with van der Waals surface area (Å²) in [4.78, 5) is 22.3. The Labute approximate surface area is 128 Å². The summed E-state index contributed by atoms with van der Waals surface area (Å²) in [5.74, 6) is 0.362. The minimum atomic E-state index is -0.460. The molecule has 20 heavy (non-hydrogen) atoms. The lowest BCUT2D eigenvalue weighted by Crippen LogP contribution is -1.88. The highest BCUT2D eigenvalue weighted by Crippen LogP contribution is 2.39. The van der Waals surface area contributed by atoms with Gasteiger partial charge in [0, 0.05) is 16.8 Å². The third kappa shape index (κ3) is 3.39. The number of hydrogen-bond donors (Lipinski definition) is 0. The number of benzene rings is 1. The number of hydrogen-bond acceptors (Lipinski definition) is 5. The van der Waals surface area contributed by atoms with Gasteiger partial charge in [0.25, 0.3) is 5.69 Å². The standard InChI is InChI=1S/C13H10ClNO3S2/c1-8(16)12-6-11(15(17)18)13(20-12)19-7-9-4-2-3-5-10(9)14/h2-6H,7H2,1H3. The lowest BCUT2D eigenvalue weighted by Gasteiger charge is -2.02. The summed E-state index contributed by atoms with van der Waals surface area (Å²) < 4.78 is 0.528. The van der Waals surface area contributed by atoms with Crippen molar-refractivity contribution in [2.24, 2.45) is 0 Å². The van der Waals surface area contributed by atoms with Gasteiger partial charge in [-0.15, -0.1) is 23.1 Å². The largest absolute Gasteiger partial charge is 0.294 e. The fourth-order valence-corrected chi connectivity index (χ4v) is 4.06. The van der Waals surface area contributed by atoms with Crippen molar-refractivity contribution in [1.82, 2.24) is 0 Å². The van der Waals surface area contributed by atoms with Gasteiger partial charge in [0.1, 0.15) is 4.21 Å². The Morgan fingerprint density at radius 3 is 2.75 bits per heavy atom. The van der Waals surface area contributed by atoms with Crippen LogP contribution in [0.4, 0.5) is 5.69 Å². The second-order valence-corrected chi connectivity index (χ2v) is 6.68. The van der Waals surface area contributed by atoms with Gasteiger partial charge in [-0.3, -0.25) is 14.9 Å². The van der Waals surface area contributed by atoms with Crippen LogP contribution in [0.1, 0.15) is 22.2 Å². The summed E-state index contributed by atoms with van der Waals surface area (Å²) in [6.45, 7) is 1.40. The molecule has 0 unspecified atom stereocenters. The minimum absolute atomic E-state index is 0.0164. The molecule has 0 aliphatic heterocycles. The molecular weight excluding hydrogens is 318 g/mol.